The summed E-state index contributed by atoms with van der Waals surface area (Å²) >= 11 is 5.49. The van der Waals surface area contributed by atoms with Crippen LogP contribution in [0.2, 0.25) is 5.15 Å². The summed E-state index contributed by atoms with van der Waals surface area (Å²) in [6.07, 6.45) is 0. The van der Waals surface area contributed by atoms with Gasteiger partial charge in [0.1, 0.15) is 0 Å². The van der Waals surface area contributed by atoms with E-state index in [0.717, 1.165) is 0 Å². The molecule has 1 aliphatic rings. The molecule has 0 radical (unpaired) electrons. The zero-order valence-corrected chi connectivity index (χ0v) is 7.30. The van der Waals surface area contributed by atoms with Crippen molar-refractivity contribution in [2.75, 3.05) is 18.0 Å². The maximum Gasteiger partial charge on any atom is 0.282 e. The SMILES string of the molecule is FC1(F)CN(c2ccc(Cl)nn2)C1. The van der Waals surface area contributed by atoms with Gasteiger partial charge in [-0.25, -0.2) is 8.78 Å². The van der Waals surface area contributed by atoms with E-state index in [1.54, 1.807) is 6.07 Å². The molecule has 0 saturated carbocycles. The minimum Gasteiger partial charge on any atom is -0.343 e. The standard InChI is InChI=1S/C7H6ClF2N3/c8-5-1-2-6(12-11-5)13-3-7(9,10)4-13/h1-2H,3-4H2. The molecule has 1 fully saturated rings. The number of nitrogens with zero attached hydrogens (tertiary/aromatic N) is 3. The molecule has 0 aliphatic carbocycles. The van der Waals surface area contributed by atoms with E-state index in [2.05, 4.69) is 10.2 Å². The molecule has 0 unspecified atom stereocenters. The van der Waals surface area contributed by atoms with Crippen molar-refractivity contribution < 1.29 is 8.78 Å². The molecule has 3 nitrogen and oxygen atoms in total. The molecule has 70 valence electrons. The van der Waals surface area contributed by atoms with Gasteiger partial charge in [-0.1, -0.05) is 11.6 Å². The third-order valence-corrected chi connectivity index (χ3v) is 1.99. The first-order valence-corrected chi connectivity index (χ1v) is 4.07. The van der Waals surface area contributed by atoms with Gasteiger partial charge >= 0.3 is 0 Å². The third kappa shape index (κ3) is 1.70. The van der Waals surface area contributed by atoms with E-state index < -0.39 is 5.92 Å². The smallest absolute Gasteiger partial charge is 0.282 e. The van der Waals surface area contributed by atoms with E-state index in [9.17, 15) is 8.78 Å². The molecule has 1 saturated heterocycles. The molecule has 0 spiro atoms. The zero-order chi connectivity index (χ0) is 9.47. The van der Waals surface area contributed by atoms with Crippen molar-refractivity contribution in [3.05, 3.63) is 17.3 Å². The van der Waals surface area contributed by atoms with E-state index in [1.807, 2.05) is 0 Å². The Bertz CT molecular complexity index is 306. The molecular weight excluding hydrogens is 200 g/mol. The maximum absolute atomic E-state index is 12.4. The van der Waals surface area contributed by atoms with Crippen LogP contribution in [-0.4, -0.2) is 29.2 Å². The molecule has 1 aliphatic heterocycles. The van der Waals surface area contributed by atoms with Gasteiger partial charge in [-0.05, 0) is 12.1 Å². The largest absolute Gasteiger partial charge is 0.343 e. The molecule has 1 aromatic heterocycles. The highest BCUT2D eigenvalue weighted by Gasteiger charge is 2.44. The fourth-order valence-corrected chi connectivity index (χ4v) is 1.25. The van der Waals surface area contributed by atoms with Gasteiger partial charge in [0, 0.05) is 0 Å². The second-order valence-corrected chi connectivity index (χ2v) is 3.31. The molecule has 0 bridgehead atoms. The Hall–Kier alpha value is -0.970. The number of anilines is 1. The lowest BCUT2D eigenvalue weighted by Crippen LogP contribution is -2.56. The van der Waals surface area contributed by atoms with Crippen molar-refractivity contribution in [1.82, 2.24) is 10.2 Å². The van der Waals surface area contributed by atoms with Gasteiger partial charge in [-0.3, -0.25) is 0 Å². The average Bonchev–Trinajstić information content (AvgIpc) is 2.01. The Labute approximate surface area is 78.3 Å². The fourth-order valence-electron chi connectivity index (χ4n) is 1.15. The van der Waals surface area contributed by atoms with Gasteiger partial charge in [0.15, 0.2) is 11.0 Å². The van der Waals surface area contributed by atoms with Gasteiger partial charge < -0.3 is 4.90 Å². The summed E-state index contributed by atoms with van der Waals surface area (Å²) < 4.78 is 24.9. The van der Waals surface area contributed by atoms with Gasteiger partial charge in [0.05, 0.1) is 13.1 Å². The quantitative estimate of drug-likeness (QED) is 0.697. The summed E-state index contributed by atoms with van der Waals surface area (Å²) in [6.45, 7) is -0.577. The predicted octanol–water partition coefficient (Wildman–Crippen LogP) is 1.59. The number of halogens is 3. The van der Waals surface area contributed by atoms with Crippen LogP contribution in [0.15, 0.2) is 12.1 Å². The topological polar surface area (TPSA) is 29.0 Å². The maximum atomic E-state index is 12.4. The second-order valence-electron chi connectivity index (χ2n) is 2.93. The summed E-state index contributed by atoms with van der Waals surface area (Å²) in [7, 11) is 0. The molecule has 0 amide bonds. The van der Waals surface area contributed by atoms with Crippen molar-refractivity contribution in [1.29, 1.82) is 0 Å². The van der Waals surface area contributed by atoms with Gasteiger partial charge in [-0.2, -0.15) is 0 Å². The Balaban J connectivity index is 2.08. The van der Waals surface area contributed by atoms with Crippen LogP contribution in [0.1, 0.15) is 0 Å². The van der Waals surface area contributed by atoms with E-state index in [-0.39, 0.29) is 18.2 Å². The third-order valence-electron chi connectivity index (χ3n) is 1.79. The molecule has 0 atom stereocenters. The lowest BCUT2D eigenvalue weighted by atomic mass is 10.1. The first-order chi connectivity index (χ1) is 6.07. The van der Waals surface area contributed by atoms with Gasteiger partial charge in [0.25, 0.3) is 5.92 Å². The Morgan fingerprint density at radius 3 is 2.46 bits per heavy atom. The first kappa shape index (κ1) is 8.62. The number of hydrogen-bond acceptors (Lipinski definition) is 3. The normalized spacial score (nSPS) is 19.8. The molecule has 13 heavy (non-hydrogen) atoms. The van der Waals surface area contributed by atoms with Crippen LogP contribution in [0.25, 0.3) is 0 Å². The number of aromatic nitrogens is 2. The van der Waals surface area contributed by atoms with E-state index in [1.165, 1.54) is 11.0 Å². The minimum absolute atomic E-state index is 0.260. The zero-order valence-electron chi connectivity index (χ0n) is 6.54. The number of rotatable bonds is 1. The highest BCUT2D eigenvalue weighted by molar-refractivity contribution is 6.29. The first-order valence-electron chi connectivity index (χ1n) is 3.69. The molecule has 0 N–H and O–H groups in total. The summed E-state index contributed by atoms with van der Waals surface area (Å²) in [5.74, 6) is -2.14. The van der Waals surface area contributed by atoms with Crippen molar-refractivity contribution >= 4 is 17.4 Å². The van der Waals surface area contributed by atoms with Crippen molar-refractivity contribution in [3.63, 3.8) is 0 Å². The average molecular weight is 206 g/mol. The van der Waals surface area contributed by atoms with Crippen LogP contribution < -0.4 is 4.90 Å². The molecular formula is C7H6ClF2N3. The van der Waals surface area contributed by atoms with Crippen LogP contribution in [-0.2, 0) is 0 Å². The Morgan fingerprint density at radius 1 is 1.31 bits per heavy atom. The van der Waals surface area contributed by atoms with Crippen molar-refractivity contribution in [2.24, 2.45) is 0 Å². The highest BCUT2D eigenvalue weighted by Crippen LogP contribution is 2.30. The number of hydrogen-bond donors (Lipinski definition) is 0. The molecule has 0 aromatic carbocycles. The summed E-state index contributed by atoms with van der Waals surface area (Å²) in [4.78, 5) is 1.45. The van der Waals surface area contributed by atoms with Crippen molar-refractivity contribution in [3.8, 4) is 0 Å². The van der Waals surface area contributed by atoms with Gasteiger partial charge in [0.2, 0.25) is 0 Å². The molecule has 2 rings (SSSR count). The summed E-state index contributed by atoms with van der Waals surface area (Å²) in [6, 6.07) is 3.10. The fraction of sp³-hybridized carbons (Fsp3) is 0.429. The number of alkyl halides is 2. The Kier molecular flexibility index (Phi) is 1.83. The van der Waals surface area contributed by atoms with Crippen LogP contribution in [0.4, 0.5) is 14.6 Å². The molecule has 6 heteroatoms. The van der Waals surface area contributed by atoms with E-state index in [4.69, 9.17) is 11.6 Å². The van der Waals surface area contributed by atoms with E-state index >= 15 is 0 Å². The molecule has 1 aromatic rings. The monoisotopic (exact) mass is 205 g/mol. The van der Waals surface area contributed by atoms with Crippen molar-refractivity contribution in [2.45, 2.75) is 5.92 Å². The summed E-state index contributed by atoms with van der Waals surface area (Å²) in [5, 5.41) is 7.50. The lowest BCUT2D eigenvalue weighted by molar-refractivity contribution is -0.0267. The molecule has 2 heterocycles. The summed E-state index contributed by atoms with van der Waals surface area (Å²) in [5.41, 5.74) is 0. The Morgan fingerprint density at radius 2 is 2.00 bits per heavy atom. The van der Waals surface area contributed by atoms with E-state index in [0.29, 0.717) is 5.82 Å². The predicted molar refractivity (Wildman–Crippen MR) is 44.2 cm³/mol. The van der Waals surface area contributed by atoms with Gasteiger partial charge in [-0.15, -0.1) is 10.2 Å². The van der Waals surface area contributed by atoms with Crippen LogP contribution >= 0.6 is 11.6 Å². The minimum atomic E-state index is -2.58. The highest BCUT2D eigenvalue weighted by atomic mass is 35.5. The van der Waals surface area contributed by atoms with Crippen LogP contribution in [0, 0.1) is 0 Å². The second kappa shape index (κ2) is 2.77. The van der Waals surface area contributed by atoms with Crippen LogP contribution in [0.3, 0.4) is 0 Å². The lowest BCUT2D eigenvalue weighted by Gasteiger charge is -2.39. The van der Waals surface area contributed by atoms with Crippen LogP contribution in [0.5, 0.6) is 0 Å².